The standard InChI is InChI=1S/C26H24ClFN6O3S2/c1-2-37-26(36)33-13-11-32(12-14-33)24(35)20-15-38-22(29-20)16-39-25-31-30-23(17-7-3-4-8-18(17)27)34(25)21-10-6-5-9-19(21)28/h3-10,15H,2,11-14,16H2,1H3. The van der Waals surface area contributed by atoms with Crippen LogP contribution in [0.4, 0.5) is 9.18 Å². The molecule has 0 N–H and O–H groups in total. The lowest BCUT2D eigenvalue weighted by molar-refractivity contribution is 0.0566. The smallest absolute Gasteiger partial charge is 0.409 e. The van der Waals surface area contributed by atoms with Gasteiger partial charge in [-0.1, -0.05) is 47.6 Å². The summed E-state index contributed by atoms with van der Waals surface area (Å²) in [6.07, 6.45) is -0.363. The molecule has 0 unspecified atom stereocenters. The highest BCUT2D eigenvalue weighted by Gasteiger charge is 2.27. The fourth-order valence-electron chi connectivity index (χ4n) is 4.10. The summed E-state index contributed by atoms with van der Waals surface area (Å²) in [7, 11) is 0. The fraction of sp³-hybridized carbons (Fsp3) is 0.269. The molecule has 1 aliphatic heterocycles. The maximum absolute atomic E-state index is 14.9. The van der Waals surface area contributed by atoms with Gasteiger partial charge in [-0.15, -0.1) is 21.5 Å². The number of carbonyl (C=O) groups is 2. The molecule has 13 heteroatoms. The van der Waals surface area contributed by atoms with E-state index < -0.39 is 5.82 Å². The van der Waals surface area contributed by atoms with Crippen molar-refractivity contribution in [3.63, 3.8) is 0 Å². The van der Waals surface area contributed by atoms with Crippen molar-refractivity contribution in [3.05, 3.63) is 75.5 Å². The molecular weight excluding hydrogens is 563 g/mol. The lowest BCUT2D eigenvalue weighted by Gasteiger charge is -2.33. The summed E-state index contributed by atoms with van der Waals surface area (Å²) in [6, 6.07) is 13.6. The molecule has 2 aromatic heterocycles. The number of ether oxygens (including phenoxy) is 1. The summed E-state index contributed by atoms with van der Waals surface area (Å²) in [5, 5.41) is 12.0. The first-order chi connectivity index (χ1) is 19.0. The maximum atomic E-state index is 14.9. The number of hydrogen-bond donors (Lipinski definition) is 0. The van der Waals surface area contributed by atoms with Crippen molar-refractivity contribution in [2.75, 3.05) is 32.8 Å². The number of rotatable bonds is 7. The van der Waals surface area contributed by atoms with Gasteiger partial charge in [0, 0.05) is 37.1 Å². The van der Waals surface area contributed by atoms with Gasteiger partial charge in [-0.25, -0.2) is 14.2 Å². The van der Waals surface area contributed by atoms with E-state index in [2.05, 4.69) is 15.2 Å². The van der Waals surface area contributed by atoms with E-state index in [0.717, 1.165) is 5.01 Å². The molecule has 0 bridgehead atoms. The van der Waals surface area contributed by atoms with Gasteiger partial charge in [0.15, 0.2) is 11.0 Å². The van der Waals surface area contributed by atoms with Crippen molar-refractivity contribution >= 4 is 46.7 Å². The Balaban J connectivity index is 1.31. The Bertz CT molecular complexity index is 1490. The number of hydrogen-bond acceptors (Lipinski definition) is 8. The number of halogens is 2. The molecule has 3 heterocycles. The number of para-hydroxylation sites is 1. The van der Waals surface area contributed by atoms with E-state index in [4.69, 9.17) is 16.3 Å². The highest BCUT2D eigenvalue weighted by molar-refractivity contribution is 7.98. The van der Waals surface area contributed by atoms with Crippen LogP contribution in [0.5, 0.6) is 0 Å². The van der Waals surface area contributed by atoms with Crippen LogP contribution < -0.4 is 0 Å². The van der Waals surface area contributed by atoms with Crippen LogP contribution in [0.15, 0.2) is 59.1 Å². The molecule has 4 aromatic rings. The topological polar surface area (TPSA) is 93.5 Å². The van der Waals surface area contributed by atoms with E-state index >= 15 is 0 Å². The van der Waals surface area contributed by atoms with Crippen LogP contribution >= 0.6 is 34.7 Å². The number of benzene rings is 2. The molecule has 5 rings (SSSR count). The van der Waals surface area contributed by atoms with Crippen molar-refractivity contribution in [3.8, 4) is 17.1 Å². The normalized spacial score (nSPS) is 13.5. The Labute approximate surface area is 237 Å². The van der Waals surface area contributed by atoms with Crippen LogP contribution in [0.25, 0.3) is 17.1 Å². The first-order valence-electron chi connectivity index (χ1n) is 12.2. The summed E-state index contributed by atoms with van der Waals surface area (Å²) in [5.41, 5.74) is 1.29. The molecule has 0 aliphatic carbocycles. The molecule has 2 amide bonds. The molecule has 0 atom stereocenters. The predicted octanol–water partition coefficient (Wildman–Crippen LogP) is 5.39. The third-order valence-corrected chi connectivity index (χ3v) is 8.33. The molecular formula is C26H24ClFN6O3S2. The van der Waals surface area contributed by atoms with Crippen LogP contribution in [0.1, 0.15) is 22.4 Å². The van der Waals surface area contributed by atoms with Crippen molar-refractivity contribution in [2.45, 2.75) is 17.8 Å². The number of thioether (sulfide) groups is 1. The Morgan fingerprint density at radius 1 is 1.05 bits per heavy atom. The van der Waals surface area contributed by atoms with Gasteiger partial charge < -0.3 is 14.5 Å². The number of carbonyl (C=O) groups excluding carboxylic acids is 2. The fourth-order valence-corrected chi connectivity index (χ4v) is 6.05. The van der Waals surface area contributed by atoms with Crippen molar-refractivity contribution in [1.29, 1.82) is 0 Å². The van der Waals surface area contributed by atoms with Gasteiger partial charge in [0.1, 0.15) is 16.5 Å². The second-order valence-corrected chi connectivity index (χ2v) is 10.8. The van der Waals surface area contributed by atoms with Crippen molar-refractivity contribution in [2.24, 2.45) is 0 Å². The van der Waals surface area contributed by atoms with Gasteiger partial charge in [0.05, 0.1) is 23.1 Å². The molecule has 9 nitrogen and oxygen atoms in total. The van der Waals surface area contributed by atoms with Crippen molar-refractivity contribution in [1.82, 2.24) is 29.5 Å². The third-order valence-electron chi connectivity index (χ3n) is 6.03. The van der Waals surface area contributed by atoms with Gasteiger partial charge in [0.25, 0.3) is 5.91 Å². The predicted molar refractivity (Wildman–Crippen MR) is 148 cm³/mol. The molecule has 0 saturated carbocycles. The average Bonchev–Trinajstić information content (AvgIpc) is 3.60. The monoisotopic (exact) mass is 586 g/mol. The number of thiazole rings is 1. The van der Waals surface area contributed by atoms with Crippen LogP contribution in [0.3, 0.4) is 0 Å². The molecule has 1 saturated heterocycles. The average molecular weight is 587 g/mol. The summed E-state index contributed by atoms with van der Waals surface area (Å²) >= 11 is 9.13. The number of piperazine rings is 1. The zero-order chi connectivity index (χ0) is 27.4. The quantitative estimate of drug-likeness (QED) is 0.268. The summed E-state index contributed by atoms with van der Waals surface area (Å²) in [6.45, 7) is 3.73. The first-order valence-corrected chi connectivity index (χ1v) is 14.4. The van der Waals surface area contributed by atoms with Crippen LogP contribution in [-0.4, -0.2) is 74.3 Å². The Morgan fingerprint density at radius 3 is 2.51 bits per heavy atom. The molecule has 2 aromatic carbocycles. The van der Waals surface area contributed by atoms with Crippen LogP contribution in [0, 0.1) is 5.82 Å². The van der Waals surface area contributed by atoms with Crippen molar-refractivity contribution < 1.29 is 18.7 Å². The van der Waals surface area contributed by atoms with Gasteiger partial charge in [-0.3, -0.25) is 9.36 Å². The number of nitrogens with zero attached hydrogens (tertiary/aromatic N) is 6. The third kappa shape index (κ3) is 5.92. The Morgan fingerprint density at radius 2 is 1.77 bits per heavy atom. The summed E-state index contributed by atoms with van der Waals surface area (Å²) in [5.74, 6) is 0.230. The Hall–Kier alpha value is -3.48. The van der Waals surface area contributed by atoms with Gasteiger partial charge in [-0.05, 0) is 31.2 Å². The minimum absolute atomic E-state index is 0.179. The van der Waals surface area contributed by atoms with E-state index in [9.17, 15) is 14.0 Å². The van der Waals surface area contributed by atoms with E-state index in [0.29, 0.717) is 71.5 Å². The van der Waals surface area contributed by atoms with Crippen LogP contribution in [0.2, 0.25) is 5.02 Å². The molecule has 0 spiro atoms. The number of aromatic nitrogens is 4. The van der Waals surface area contributed by atoms with E-state index in [1.807, 2.05) is 18.2 Å². The molecule has 1 aliphatic rings. The molecule has 39 heavy (non-hydrogen) atoms. The summed E-state index contributed by atoms with van der Waals surface area (Å²) in [4.78, 5) is 32.7. The highest BCUT2D eigenvalue weighted by Crippen LogP contribution is 2.34. The zero-order valence-corrected chi connectivity index (χ0v) is 23.3. The summed E-state index contributed by atoms with van der Waals surface area (Å²) < 4.78 is 21.5. The van der Waals surface area contributed by atoms with E-state index in [-0.39, 0.29) is 12.0 Å². The van der Waals surface area contributed by atoms with Gasteiger partial charge in [-0.2, -0.15) is 0 Å². The van der Waals surface area contributed by atoms with Gasteiger partial charge >= 0.3 is 6.09 Å². The van der Waals surface area contributed by atoms with E-state index in [1.54, 1.807) is 50.9 Å². The molecule has 202 valence electrons. The Kier molecular flexibility index (Phi) is 8.44. The SMILES string of the molecule is CCOC(=O)N1CCN(C(=O)c2csc(CSc3nnc(-c4ccccc4Cl)n3-c3ccccc3F)n2)CC1. The first kappa shape index (κ1) is 27.1. The lowest BCUT2D eigenvalue weighted by Crippen LogP contribution is -2.50. The maximum Gasteiger partial charge on any atom is 0.409 e. The largest absolute Gasteiger partial charge is 0.450 e. The zero-order valence-electron chi connectivity index (χ0n) is 20.9. The molecule has 1 fully saturated rings. The second-order valence-electron chi connectivity index (χ2n) is 8.47. The van der Waals surface area contributed by atoms with Gasteiger partial charge in [0.2, 0.25) is 0 Å². The second kappa shape index (κ2) is 12.1. The minimum Gasteiger partial charge on any atom is -0.450 e. The molecule has 0 radical (unpaired) electrons. The number of amides is 2. The van der Waals surface area contributed by atoms with E-state index in [1.165, 1.54) is 29.2 Å². The lowest BCUT2D eigenvalue weighted by atomic mass is 10.2. The highest BCUT2D eigenvalue weighted by atomic mass is 35.5. The van der Waals surface area contributed by atoms with Crippen LogP contribution in [-0.2, 0) is 10.5 Å². The minimum atomic E-state index is -0.419.